The number of nitrogens with one attached hydrogen (secondary N) is 1. The minimum Gasteiger partial charge on any atom is -0.378 e. The molecule has 2 atom stereocenters. The number of ether oxygens (including phenoxy) is 2. The number of hydrogen-bond donors (Lipinski definition) is 1. The third kappa shape index (κ3) is 3.06. The Bertz CT molecular complexity index is 234. The molecular weight excluding hydrogens is 202 g/mol. The highest BCUT2D eigenvalue weighted by atomic mass is 16.6. The van der Waals surface area contributed by atoms with Crippen LogP contribution in [0.3, 0.4) is 0 Å². The molecule has 1 N–H and O–H groups in total. The average molecular weight is 225 g/mol. The highest BCUT2D eigenvalue weighted by molar-refractivity contribution is 4.98. The van der Waals surface area contributed by atoms with Gasteiger partial charge in [-0.25, -0.2) is 0 Å². The van der Waals surface area contributed by atoms with Crippen LogP contribution in [0, 0.1) is 5.92 Å². The molecule has 2 heterocycles. The molecule has 0 aromatic carbocycles. The van der Waals surface area contributed by atoms with Crippen LogP contribution in [-0.2, 0) is 9.47 Å². The molecule has 0 radical (unpaired) electrons. The lowest BCUT2D eigenvalue weighted by molar-refractivity contribution is -0.0910. The van der Waals surface area contributed by atoms with Crippen molar-refractivity contribution >= 4 is 0 Å². The quantitative estimate of drug-likeness (QED) is 0.584. The summed E-state index contributed by atoms with van der Waals surface area (Å²) in [5.41, 5.74) is 0.0518. The van der Waals surface area contributed by atoms with Gasteiger partial charge in [-0.3, -0.25) is 0 Å². The van der Waals surface area contributed by atoms with E-state index in [1.165, 1.54) is 0 Å². The van der Waals surface area contributed by atoms with Crippen LogP contribution < -0.4 is 5.32 Å². The van der Waals surface area contributed by atoms with E-state index in [-0.39, 0.29) is 5.60 Å². The Morgan fingerprint density at radius 2 is 2.38 bits per heavy atom. The van der Waals surface area contributed by atoms with Crippen molar-refractivity contribution in [1.29, 1.82) is 0 Å². The SMILES string of the molecule is CNCCC=CC1CCOC2(CCOC2)C1. The molecule has 0 bridgehead atoms. The molecule has 2 aliphatic rings. The van der Waals surface area contributed by atoms with Crippen molar-refractivity contribution < 1.29 is 9.47 Å². The van der Waals surface area contributed by atoms with Crippen molar-refractivity contribution in [3.63, 3.8) is 0 Å². The predicted molar refractivity (Wildman–Crippen MR) is 64.5 cm³/mol. The maximum absolute atomic E-state index is 5.91. The first-order valence-corrected chi connectivity index (χ1v) is 6.38. The van der Waals surface area contributed by atoms with Gasteiger partial charge in [0.25, 0.3) is 0 Å². The molecule has 3 heteroatoms. The van der Waals surface area contributed by atoms with E-state index in [1.807, 2.05) is 7.05 Å². The van der Waals surface area contributed by atoms with E-state index in [4.69, 9.17) is 9.47 Å². The second kappa shape index (κ2) is 5.80. The lowest BCUT2D eigenvalue weighted by Crippen LogP contribution is -2.39. The van der Waals surface area contributed by atoms with Crippen LogP contribution in [0.2, 0.25) is 0 Å². The van der Waals surface area contributed by atoms with Gasteiger partial charge in [0.15, 0.2) is 0 Å². The van der Waals surface area contributed by atoms with Gasteiger partial charge in [-0.2, -0.15) is 0 Å². The molecule has 16 heavy (non-hydrogen) atoms. The van der Waals surface area contributed by atoms with Gasteiger partial charge in [-0.1, -0.05) is 12.2 Å². The largest absolute Gasteiger partial charge is 0.378 e. The number of hydrogen-bond acceptors (Lipinski definition) is 3. The Hall–Kier alpha value is -0.380. The maximum atomic E-state index is 5.91. The average Bonchev–Trinajstić information content (AvgIpc) is 2.73. The standard InChI is InChI=1S/C13H23NO2/c1-14-7-3-2-4-12-5-8-16-13(10-12)6-9-15-11-13/h2,4,12,14H,3,5-11H2,1H3. The Morgan fingerprint density at radius 1 is 1.44 bits per heavy atom. The molecule has 92 valence electrons. The third-order valence-corrected chi connectivity index (χ3v) is 3.57. The topological polar surface area (TPSA) is 30.5 Å². The fourth-order valence-electron chi connectivity index (χ4n) is 2.61. The maximum Gasteiger partial charge on any atom is 0.0942 e. The van der Waals surface area contributed by atoms with Crippen LogP contribution in [0.1, 0.15) is 25.7 Å². The number of allylic oxidation sites excluding steroid dienone is 1. The summed E-state index contributed by atoms with van der Waals surface area (Å²) >= 11 is 0. The van der Waals surface area contributed by atoms with Crippen molar-refractivity contribution in [2.45, 2.75) is 31.3 Å². The van der Waals surface area contributed by atoms with Gasteiger partial charge < -0.3 is 14.8 Å². The molecular formula is C13H23NO2. The summed E-state index contributed by atoms with van der Waals surface area (Å²) in [6.07, 6.45) is 9.18. The van der Waals surface area contributed by atoms with Gasteiger partial charge in [-0.05, 0) is 38.8 Å². The molecule has 0 aromatic heterocycles. The van der Waals surface area contributed by atoms with Gasteiger partial charge in [0, 0.05) is 19.6 Å². The first kappa shape index (κ1) is 12.1. The van der Waals surface area contributed by atoms with Crippen molar-refractivity contribution in [3.05, 3.63) is 12.2 Å². The van der Waals surface area contributed by atoms with E-state index in [0.29, 0.717) is 5.92 Å². The van der Waals surface area contributed by atoms with E-state index < -0.39 is 0 Å². The Kier molecular flexibility index (Phi) is 4.38. The summed E-state index contributed by atoms with van der Waals surface area (Å²) in [7, 11) is 1.99. The third-order valence-electron chi connectivity index (χ3n) is 3.57. The van der Waals surface area contributed by atoms with Gasteiger partial charge in [0.05, 0.1) is 12.2 Å². The minimum atomic E-state index is 0.0518. The lowest BCUT2D eigenvalue weighted by atomic mass is 9.85. The zero-order chi connectivity index (χ0) is 11.3. The Balaban J connectivity index is 1.80. The van der Waals surface area contributed by atoms with Crippen molar-refractivity contribution in [2.24, 2.45) is 5.92 Å². The zero-order valence-corrected chi connectivity index (χ0v) is 10.2. The monoisotopic (exact) mass is 225 g/mol. The first-order chi connectivity index (χ1) is 7.85. The predicted octanol–water partition coefficient (Wildman–Crippen LogP) is 1.74. The first-order valence-electron chi connectivity index (χ1n) is 6.38. The summed E-state index contributed by atoms with van der Waals surface area (Å²) in [5.74, 6) is 0.687. The second-order valence-corrected chi connectivity index (χ2v) is 4.91. The highest BCUT2D eigenvalue weighted by Gasteiger charge is 2.40. The van der Waals surface area contributed by atoms with Crippen molar-refractivity contribution in [3.8, 4) is 0 Å². The van der Waals surface area contributed by atoms with Crippen LogP contribution in [-0.4, -0.2) is 39.0 Å². The molecule has 2 unspecified atom stereocenters. The summed E-state index contributed by atoms with van der Waals surface area (Å²) in [6, 6.07) is 0. The minimum absolute atomic E-state index is 0.0518. The molecule has 0 aromatic rings. The van der Waals surface area contributed by atoms with E-state index in [0.717, 1.165) is 52.0 Å². The molecule has 2 saturated heterocycles. The molecule has 1 spiro atoms. The zero-order valence-electron chi connectivity index (χ0n) is 10.2. The van der Waals surface area contributed by atoms with Crippen LogP contribution >= 0.6 is 0 Å². The van der Waals surface area contributed by atoms with Crippen molar-refractivity contribution in [2.75, 3.05) is 33.4 Å². The lowest BCUT2D eigenvalue weighted by Gasteiger charge is -2.36. The van der Waals surface area contributed by atoms with Crippen LogP contribution in [0.4, 0.5) is 0 Å². The van der Waals surface area contributed by atoms with E-state index in [9.17, 15) is 0 Å². The summed E-state index contributed by atoms with van der Waals surface area (Å²) < 4.78 is 11.4. The number of rotatable bonds is 4. The second-order valence-electron chi connectivity index (χ2n) is 4.91. The Morgan fingerprint density at radius 3 is 3.12 bits per heavy atom. The molecule has 2 fully saturated rings. The summed E-state index contributed by atoms with van der Waals surface area (Å²) in [6.45, 7) is 3.63. The van der Waals surface area contributed by atoms with Crippen molar-refractivity contribution in [1.82, 2.24) is 5.32 Å². The highest BCUT2D eigenvalue weighted by Crippen LogP contribution is 2.36. The molecule has 0 amide bonds. The molecule has 2 rings (SSSR count). The van der Waals surface area contributed by atoms with Gasteiger partial charge in [-0.15, -0.1) is 0 Å². The normalized spacial score (nSPS) is 35.2. The molecule has 0 saturated carbocycles. The van der Waals surface area contributed by atoms with Crippen LogP contribution in [0.15, 0.2) is 12.2 Å². The smallest absolute Gasteiger partial charge is 0.0942 e. The van der Waals surface area contributed by atoms with E-state index in [2.05, 4.69) is 17.5 Å². The molecule has 3 nitrogen and oxygen atoms in total. The fraction of sp³-hybridized carbons (Fsp3) is 0.846. The van der Waals surface area contributed by atoms with Gasteiger partial charge >= 0.3 is 0 Å². The summed E-state index contributed by atoms with van der Waals surface area (Å²) in [5, 5.41) is 3.16. The van der Waals surface area contributed by atoms with Gasteiger partial charge in [0.1, 0.15) is 0 Å². The summed E-state index contributed by atoms with van der Waals surface area (Å²) in [4.78, 5) is 0. The molecule has 0 aliphatic carbocycles. The van der Waals surface area contributed by atoms with E-state index in [1.54, 1.807) is 0 Å². The van der Waals surface area contributed by atoms with Crippen LogP contribution in [0.5, 0.6) is 0 Å². The van der Waals surface area contributed by atoms with Gasteiger partial charge in [0.2, 0.25) is 0 Å². The fourth-order valence-corrected chi connectivity index (χ4v) is 2.61. The van der Waals surface area contributed by atoms with Crippen LogP contribution in [0.25, 0.3) is 0 Å². The Labute approximate surface area is 98.2 Å². The molecule has 2 aliphatic heterocycles. The van der Waals surface area contributed by atoms with E-state index >= 15 is 0 Å².